The Balaban J connectivity index is 1.63. The van der Waals surface area contributed by atoms with Gasteiger partial charge >= 0.3 is 0 Å². The van der Waals surface area contributed by atoms with Crippen LogP contribution in [0.3, 0.4) is 0 Å². The number of carbonyl (C=O) groups is 3. The molecule has 0 saturated heterocycles. The molecule has 2 amide bonds. The molecule has 0 aromatic heterocycles. The van der Waals surface area contributed by atoms with E-state index in [9.17, 15) is 24.5 Å². The number of nitro groups is 1. The third-order valence-corrected chi connectivity index (χ3v) is 5.73. The molecule has 0 radical (unpaired) electrons. The molecule has 4 rings (SSSR count). The Bertz CT molecular complexity index is 1170. The number of nitrogens with zero attached hydrogens (tertiary/aromatic N) is 3. The first-order chi connectivity index (χ1) is 14.1. The molecule has 2 aliphatic rings. The normalized spacial score (nSPS) is 18.0. The van der Waals surface area contributed by atoms with Gasteiger partial charge in [-0.1, -0.05) is 38.1 Å². The minimum absolute atomic E-state index is 0.0552. The number of hydrogen-bond donors (Lipinski definition) is 0. The SMILES string of the molecule is CN1/C(=C\C(=O)CN2C(=O)c3cccc([N+](=O)[O-])c3C2=O)C(C)(C)c2ccccc21. The molecular weight excluding hydrogens is 386 g/mol. The van der Waals surface area contributed by atoms with Crippen LogP contribution in [0.1, 0.15) is 40.1 Å². The molecule has 0 bridgehead atoms. The van der Waals surface area contributed by atoms with Gasteiger partial charge in [-0.2, -0.15) is 0 Å². The van der Waals surface area contributed by atoms with Crippen molar-refractivity contribution in [3.8, 4) is 0 Å². The quantitative estimate of drug-likeness (QED) is 0.335. The highest BCUT2D eigenvalue weighted by atomic mass is 16.6. The lowest BCUT2D eigenvalue weighted by Crippen LogP contribution is -2.35. The Morgan fingerprint density at radius 3 is 2.47 bits per heavy atom. The Kier molecular flexibility index (Phi) is 4.30. The van der Waals surface area contributed by atoms with Crippen molar-refractivity contribution in [2.45, 2.75) is 19.3 Å². The number of ketones is 1. The molecule has 8 nitrogen and oxygen atoms in total. The van der Waals surface area contributed by atoms with Gasteiger partial charge in [0.2, 0.25) is 0 Å². The molecule has 0 spiro atoms. The van der Waals surface area contributed by atoms with Crippen LogP contribution in [0.5, 0.6) is 0 Å². The van der Waals surface area contributed by atoms with E-state index in [1.807, 2.05) is 50.1 Å². The summed E-state index contributed by atoms with van der Waals surface area (Å²) in [7, 11) is 1.86. The maximum absolute atomic E-state index is 12.8. The molecule has 2 aromatic carbocycles. The highest BCUT2D eigenvalue weighted by Gasteiger charge is 2.42. The number of amides is 2. The molecule has 0 atom stereocenters. The zero-order valence-electron chi connectivity index (χ0n) is 16.7. The Morgan fingerprint density at radius 2 is 1.80 bits per heavy atom. The first-order valence-electron chi connectivity index (χ1n) is 9.36. The van der Waals surface area contributed by atoms with Gasteiger partial charge in [-0.15, -0.1) is 0 Å². The molecular formula is C22H19N3O5. The van der Waals surface area contributed by atoms with Crippen LogP contribution >= 0.6 is 0 Å². The van der Waals surface area contributed by atoms with Gasteiger partial charge < -0.3 is 4.90 Å². The predicted octanol–water partition coefficient (Wildman–Crippen LogP) is 3.07. The van der Waals surface area contributed by atoms with Crippen molar-refractivity contribution in [2.75, 3.05) is 18.5 Å². The molecule has 30 heavy (non-hydrogen) atoms. The van der Waals surface area contributed by atoms with Crippen molar-refractivity contribution in [3.05, 3.63) is 81.0 Å². The van der Waals surface area contributed by atoms with Gasteiger partial charge in [0.25, 0.3) is 17.5 Å². The summed E-state index contributed by atoms with van der Waals surface area (Å²) >= 11 is 0. The maximum Gasteiger partial charge on any atom is 0.282 e. The molecule has 152 valence electrons. The van der Waals surface area contributed by atoms with Crippen LogP contribution in [0.2, 0.25) is 0 Å². The van der Waals surface area contributed by atoms with E-state index in [4.69, 9.17) is 0 Å². The number of likely N-dealkylation sites (N-methyl/N-ethyl adjacent to an activating group) is 1. The van der Waals surface area contributed by atoms with Crippen LogP contribution in [0.15, 0.2) is 54.2 Å². The van der Waals surface area contributed by atoms with Crippen LogP contribution in [-0.4, -0.2) is 41.0 Å². The lowest BCUT2D eigenvalue weighted by Gasteiger charge is -2.24. The number of carbonyl (C=O) groups excluding carboxylic acids is 3. The third kappa shape index (κ3) is 2.72. The molecule has 2 aliphatic heterocycles. The van der Waals surface area contributed by atoms with Gasteiger partial charge in [-0.05, 0) is 17.7 Å². The highest BCUT2D eigenvalue weighted by molar-refractivity contribution is 6.24. The summed E-state index contributed by atoms with van der Waals surface area (Å²) in [4.78, 5) is 51.3. The van der Waals surface area contributed by atoms with E-state index >= 15 is 0 Å². The van der Waals surface area contributed by atoms with Crippen molar-refractivity contribution < 1.29 is 19.3 Å². The molecule has 0 fully saturated rings. The number of rotatable bonds is 4. The number of benzene rings is 2. The van der Waals surface area contributed by atoms with Gasteiger partial charge in [0, 0.05) is 36.0 Å². The van der Waals surface area contributed by atoms with Crippen molar-refractivity contribution in [2.24, 2.45) is 0 Å². The number of hydrogen-bond acceptors (Lipinski definition) is 6. The number of nitro benzene ring substituents is 1. The number of allylic oxidation sites excluding steroid dienone is 1. The van der Waals surface area contributed by atoms with Crippen LogP contribution in [0.4, 0.5) is 11.4 Å². The fourth-order valence-electron chi connectivity index (χ4n) is 4.22. The van der Waals surface area contributed by atoms with Crippen molar-refractivity contribution in [3.63, 3.8) is 0 Å². The predicted molar refractivity (Wildman–Crippen MR) is 109 cm³/mol. The summed E-state index contributed by atoms with van der Waals surface area (Å²) in [6.45, 7) is 3.52. The van der Waals surface area contributed by atoms with Gasteiger partial charge in [-0.3, -0.25) is 29.4 Å². The van der Waals surface area contributed by atoms with Crippen molar-refractivity contribution in [1.82, 2.24) is 4.90 Å². The fourth-order valence-corrected chi connectivity index (χ4v) is 4.22. The van der Waals surface area contributed by atoms with E-state index in [1.165, 1.54) is 24.3 Å². The van der Waals surface area contributed by atoms with E-state index in [2.05, 4.69) is 0 Å². The number of para-hydroxylation sites is 1. The van der Waals surface area contributed by atoms with Crippen LogP contribution in [-0.2, 0) is 10.2 Å². The Morgan fingerprint density at radius 1 is 1.10 bits per heavy atom. The summed E-state index contributed by atoms with van der Waals surface area (Å²) in [5.74, 6) is -1.96. The molecule has 2 heterocycles. The van der Waals surface area contributed by atoms with Gasteiger partial charge in [0.15, 0.2) is 5.78 Å². The first-order valence-corrected chi connectivity index (χ1v) is 9.36. The minimum Gasteiger partial charge on any atom is -0.347 e. The topological polar surface area (TPSA) is 101 Å². The molecule has 0 unspecified atom stereocenters. The molecule has 0 N–H and O–H groups in total. The average Bonchev–Trinajstić information content (AvgIpc) is 3.06. The highest BCUT2D eigenvalue weighted by Crippen LogP contribution is 2.46. The Hall–Kier alpha value is -3.81. The summed E-state index contributed by atoms with van der Waals surface area (Å²) in [6, 6.07) is 11.7. The molecule has 2 aromatic rings. The summed E-state index contributed by atoms with van der Waals surface area (Å²) in [6.07, 6.45) is 1.44. The average molecular weight is 405 g/mol. The lowest BCUT2D eigenvalue weighted by atomic mass is 9.83. The first kappa shape index (κ1) is 19.5. The van der Waals surface area contributed by atoms with Crippen LogP contribution in [0.25, 0.3) is 0 Å². The monoisotopic (exact) mass is 405 g/mol. The standard InChI is InChI=1S/C22H19N3O5/c1-22(2)15-8-4-5-9-16(15)23(3)18(22)11-13(26)12-24-20(27)14-7-6-10-17(25(29)30)19(14)21(24)28/h4-11H,12H2,1-3H3/b18-11-. The van der Waals surface area contributed by atoms with E-state index < -0.39 is 40.2 Å². The van der Waals surface area contributed by atoms with Crippen LogP contribution < -0.4 is 4.90 Å². The number of imide groups is 1. The second-order valence-corrected chi connectivity index (χ2v) is 7.85. The zero-order chi connectivity index (χ0) is 21.8. The van der Waals surface area contributed by atoms with E-state index in [1.54, 1.807) is 0 Å². The van der Waals surface area contributed by atoms with Crippen molar-refractivity contribution >= 4 is 29.0 Å². The fraction of sp³-hybridized carbons (Fsp3) is 0.227. The summed E-state index contributed by atoms with van der Waals surface area (Å²) in [5.41, 5.74) is 1.62. The van der Waals surface area contributed by atoms with Crippen molar-refractivity contribution in [1.29, 1.82) is 0 Å². The third-order valence-electron chi connectivity index (χ3n) is 5.73. The van der Waals surface area contributed by atoms with Gasteiger partial charge in [-0.25, -0.2) is 0 Å². The summed E-state index contributed by atoms with van der Waals surface area (Å²) < 4.78 is 0. The number of anilines is 1. The molecule has 0 aliphatic carbocycles. The minimum atomic E-state index is -0.823. The smallest absolute Gasteiger partial charge is 0.282 e. The maximum atomic E-state index is 12.8. The summed E-state index contributed by atoms with van der Waals surface area (Å²) in [5, 5.41) is 11.2. The van der Waals surface area contributed by atoms with E-state index in [0.717, 1.165) is 21.8 Å². The van der Waals surface area contributed by atoms with E-state index in [-0.39, 0.29) is 11.1 Å². The molecule has 8 heteroatoms. The number of fused-ring (bicyclic) bond motifs is 2. The second kappa shape index (κ2) is 6.62. The lowest BCUT2D eigenvalue weighted by molar-refractivity contribution is -0.385. The van der Waals surface area contributed by atoms with Crippen LogP contribution in [0, 0.1) is 10.1 Å². The zero-order valence-corrected chi connectivity index (χ0v) is 16.7. The Labute approximate surface area is 172 Å². The van der Waals surface area contributed by atoms with Gasteiger partial charge in [0.1, 0.15) is 5.56 Å². The largest absolute Gasteiger partial charge is 0.347 e. The van der Waals surface area contributed by atoms with Gasteiger partial charge in [0.05, 0.1) is 17.0 Å². The van der Waals surface area contributed by atoms with E-state index in [0.29, 0.717) is 0 Å². The second-order valence-electron chi connectivity index (χ2n) is 7.85. The molecule has 0 saturated carbocycles.